The SMILES string of the molecule is COC(=O)[C@@H]1Cc2ccc(OCCNC(=O)OC(C)(C)C)c(c2)-c2cc(ccc2O)[C@H](N(C)C(=O)OCc2ccccc2)C(=O)C[C@@H](C)C(=O)N1. The Morgan fingerprint density at radius 3 is 2.39 bits per heavy atom. The van der Waals surface area contributed by atoms with Crippen molar-refractivity contribution in [2.24, 2.45) is 5.92 Å². The van der Waals surface area contributed by atoms with Crippen molar-refractivity contribution in [2.45, 2.75) is 64.8 Å². The fourth-order valence-corrected chi connectivity index (χ4v) is 5.55. The van der Waals surface area contributed by atoms with E-state index in [0.29, 0.717) is 22.4 Å². The van der Waals surface area contributed by atoms with Gasteiger partial charge in [-0.15, -0.1) is 0 Å². The molecule has 3 atom stereocenters. The molecule has 13 nitrogen and oxygen atoms in total. The molecule has 272 valence electrons. The van der Waals surface area contributed by atoms with E-state index in [1.807, 2.05) is 18.2 Å². The number of methoxy groups -OCH3 is 1. The summed E-state index contributed by atoms with van der Waals surface area (Å²) >= 11 is 0. The van der Waals surface area contributed by atoms with Gasteiger partial charge in [-0.3, -0.25) is 14.5 Å². The van der Waals surface area contributed by atoms with E-state index in [1.165, 1.54) is 26.3 Å². The van der Waals surface area contributed by atoms with Crippen LogP contribution in [0.3, 0.4) is 0 Å². The van der Waals surface area contributed by atoms with E-state index < -0.39 is 53.4 Å². The summed E-state index contributed by atoms with van der Waals surface area (Å²) in [6.07, 6.45) is -1.63. The number of amides is 3. The minimum atomic E-state index is -1.22. The van der Waals surface area contributed by atoms with Crippen molar-refractivity contribution in [2.75, 3.05) is 27.3 Å². The first-order valence-electron chi connectivity index (χ1n) is 16.6. The van der Waals surface area contributed by atoms with Crippen LogP contribution in [0.25, 0.3) is 11.1 Å². The van der Waals surface area contributed by atoms with Crippen LogP contribution in [0.2, 0.25) is 0 Å². The molecule has 3 aromatic carbocycles. The number of phenols is 1. The van der Waals surface area contributed by atoms with E-state index in [0.717, 1.165) is 10.5 Å². The van der Waals surface area contributed by atoms with E-state index in [9.17, 15) is 29.1 Å². The van der Waals surface area contributed by atoms with E-state index in [1.54, 1.807) is 64.1 Å². The summed E-state index contributed by atoms with van der Waals surface area (Å²) in [6.45, 7) is 6.91. The maximum atomic E-state index is 14.0. The molecule has 0 aromatic heterocycles. The normalized spacial score (nSPS) is 17.6. The van der Waals surface area contributed by atoms with Crippen molar-refractivity contribution in [3.05, 3.63) is 83.4 Å². The standard InChI is InChI=1S/C38H45N3O10/c1-23-18-31(43)33(41(5)37(47)50-22-24-10-8-7-9-11-24)26-13-14-30(42)27(21-26)28-19-25(20-29(35(45)48-6)40-34(23)44)12-15-32(28)49-17-16-39-36(46)51-38(2,3)4/h7-15,19,21,23,29,33,42H,16-18,20,22H2,1-6H3,(H,39,46)(H,40,44)/t23-,29+,33+/m1/s1. The second-order valence-corrected chi connectivity index (χ2v) is 13.3. The lowest BCUT2D eigenvalue weighted by molar-refractivity contribution is -0.145. The molecule has 3 amide bonds. The van der Waals surface area contributed by atoms with Gasteiger partial charge in [0.2, 0.25) is 5.91 Å². The highest BCUT2D eigenvalue weighted by Gasteiger charge is 2.34. The fourth-order valence-electron chi connectivity index (χ4n) is 5.55. The zero-order valence-electron chi connectivity index (χ0n) is 29.7. The maximum Gasteiger partial charge on any atom is 0.410 e. The lowest BCUT2D eigenvalue weighted by atomic mass is 9.90. The number of Topliss-reactive ketones (excluding diaryl/α,β-unsaturated/α-hetero) is 1. The summed E-state index contributed by atoms with van der Waals surface area (Å²) in [4.78, 5) is 66.9. The number of aromatic hydroxyl groups is 1. The first-order valence-corrected chi connectivity index (χ1v) is 16.6. The van der Waals surface area contributed by atoms with Crippen molar-refractivity contribution >= 4 is 29.8 Å². The second kappa shape index (κ2) is 16.9. The summed E-state index contributed by atoms with van der Waals surface area (Å²) in [5, 5.41) is 16.5. The molecule has 1 heterocycles. The molecule has 0 saturated heterocycles. The van der Waals surface area contributed by atoms with Gasteiger partial charge in [0.25, 0.3) is 0 Å². The maximum absolute atomic E-state index is 14.0. The van der Waals surface area contributed by atoms with Crippen LogP contribution in [0.15, 0.2) is 66.7 Å². The van der Waals surface area contributed by atoms with Gasteiger partial charge >= 0.3 is 18.2 Å². The molecule has 0 unspecified atom stereocenters. The largest absolute Gasteiger partial charge is 0.507 e. The highest BCUT2D eigenvalue weighted by atomic mass is 16.6. The van der Waals surface area contributed by atoms with Gasteiger partial charge in [-0.1, -0.05) is 49.4 Å². The molecule has 3 N–H and O–H groups in total. The van der Waals surface area contributed by atoms with Crippen molar-refractivity contribution in [1.29, 1.82) is 0 Å². The molecule has 0 fully saturated rings. The van der Waals surface area contributed by atoms with Crippen LogP contribution in [0.1, 0.15) is 56.8 Å². The molecule has 0 aliphatic carbocycles. The van der Waals surface area contributed by atoms with Gasteiger partial charge in [-0.25, -0.2) is 14.4 Å². The Kier molecular flexibility index (Phi) is 12.6. The van der Waals surface area contributed by atoms with Crippen LogP contribution in [0.5, 0.6) is 11.5 Å². The quantitative estimate of drug-likeness (QED) is 0.163. The lowest BCUT2D eigenvalue weighted by Gasteiger charge is -2.29. The molecule has 3 aromatic rings. The number of fused-ring (bicyclic) bond motifs is 5. The summed E-state index contributed by atoms with van der Waals surface area (Å²) in [5.74, 6) is -2.42. The Balaban J connectivity index is 1.75. The first-order chi connectivity index (χ1) is 24.2. The summed E-state index contributed by atoms with van der Waals surface area (Å²) in [6, 6.07) is 16.3. The molecule has 0 radical (unpaired) electrons. The number of carbonyl (C=O) groups excluding carboxylic acids is 5. The van der Waals surface area contributed by atoms with E-state index in [-0.39, 0.29) is 43.9 Å². The lowest BCUT2D eigenvalue weighted by Crippen LogP contribution is -2.46. The third-order valence-electron chi connectivity index (χ3n) is 8.08. The average molecular weight is 704 g/mol. The molecule has 0 saturated carbocycles. The minimum absolute atomic E-state index is 0.0296. The van der Waals surface area contributed by atoms with Gasteiger partial charge in [-0.2, -0.15) is 0 Å². The van der Waals surface area contributed by atoms with E-state index >= 15 is 0 Å². The molecule has 1 aliphatic rings. The number of hydrogen-bond donors (Lipinski definition) is 3. The molecule has 1 aliphatic heterocycles. The van der Waals surface area contributed by atoms with Crippen molar-refractivity contribution in [3.63, 3.8) is 0 Å². The molecule has 0 spiro atoms. The Morgan fingerprint density at radius 2 is 1.71 bits per heavy atom. The van der Waals surface area contributed by atoms with Gasteiger partial charge in [-0.05, 0) is 61.7 Å². The minimum Gasteiger partial charge on any atom is -0.507 e. The number of alkyl carbamates (subject to hydrolysis) is 1. The number of carbonyl (C=O) groups is 5. The number of ketones is 1. The number of esters is 1. The predicted molar refractivity (Wildman–Crippen MR) is 187 cm³/mol. The number of hydrogen-bond acceptors (Lipinski definition) is 10. The van der Waals surface area contributed by atoms with Gasteiger partial charge < -0.3 is 34.7 Å². The van der Waals surface area contributed by atoms with Crippen molar-refractivity contribution in [3.8, 4) is 22.6 Å². The highest BCUT2D eigenvalue weighted by Crippen LogP contribution is 2.40. The number of rotatable bonds is 8. The van der Waals surface area contributed by atoms with Crippen LogP contribution in [0.4, 0.5) is 9.59 Å². The number of nitrogens with one attached hydrogen (secondary N) is 2. The Morgan fingerprint density at radius 1 is 0.980 bits per heavy atom. The number of nitrogens with zero attached hydrogens (tertiary/aromatic N) is 1. The molecule has 4 rings (SSSR count). The van der Waals surface area contributed by atoms with Crippen LogP contribution >= 0.6 is 0 Å². The Hall–Kier alpha value is -5.59. The van der Waals surface area contributed by atoms with Crippen LogP contribution in [-0.4, -0.2) is 78.8 Å². The number of likely N-dealkylation sites (N-methyl/N-ethyl adjacent to an activating group) is 1. The molecular formula is C38H45N3O10. The Bertz CT molecular complexity index is 1740. The monoisotopic (exact) mass is 703 g/mol. The van der Waals surface area contributed by atoms with Crippen LogP contribution in [-0.2, 0) is 41.6 Å². The molecular weight excluding hydrogens is 658 g/mol. The molecule has 13 heteroatoms. The zero-order valence-corrected chi connectivity index (χ0v) is 29.7. The summed E-state index contributed by atoms with van der Waals surface area (Å²) in [5.41, 5.74) is 1.70. The zero-order chi connectivity index (χ0) is 37.3. The topological polar surface area (TPSA) is 170 Å². The van der Waals surface area contributed by atoms with Crippen molar-refractivity contribution in [1.82, 2.24) is 15.5 Å². The van der Waals surface area contributed by atoms with Crippen molar-refractivity contribution < 1.29 is 48.0 Å². The van der Waals surface area contributed by atoms with Crippen LogP contribution < -0.4 is 15.4 Å². The number of ether oxygens (including phenoxy) is 4. The van der Waals surface area contributed by atoms with E-state index in [2.05, 4.69) is 10.6 Å². The van der Waals surface area contributed by atoms with Gasteiger partial charge in [0, 0.05) is 36.9 Å². The highest BCUT2D eigenvalue weighted by molar-refractivity contribution is 5.94. The average Bonchev–Trinajstić information content (AvgIpc) is 3.08. The smallest absolute Gasteiger partial charge is 0.410 e. The van der Waals surface area contributed by atoms with E-state index in [4.69, 9.17) is 18.9 Å². The first kappa shape index (κ1) is 38.2. The summed E-state index contributed by atoms with van der Waals surface area (Å²) < 4.78 is 21.9. The summed E-state index contributed by atoms with van der Waals surface area (Å²) in [7, 11) is 2.64. The molecule has 51 heavy (non-hydrogen) atoms. The van der Waals surface area contributed by atoms with Gasteiger partial charge in [0.15, 0.2) is 5.78 Å². The third-order valence-corrected chi connectivity index (χ3v) is 8.08. The van der Waals surface area contributed by atoms with Gasteiger partial charge in [0.05, 0.1) is 13.7 Å². The third kappa shape index (κ3) is 10.5. The predicted octanol–water partition coefficient (Wildman–Crippen LogP) is 5.08. The Labute approximate surface area is 297 Å². The fraction of sp³-hybridized carbons (Fsp3) is 0.395. The van der Waals surface area contributed by atoms with Gasteiger partial charge in [0.1, 0.15) is 42.4 Å². The number of phenolic OH excluding ortho intramolecular Hbond substituents is 1. The van der Waals surface area contributed by atoms with Crippen LogP contribution in [0, 0.1) is 5.92 Å². The molecule has 4 bridgehead atoms. The second-order valence-electron chi connectivity index (χ2n) is 13.3. The number of benzene rings is 3.